The van der Waals surface area contributed by atoms with Gasteiger partial charge in [-0.3, -0.25) is 14.4 Å². The number of amides is 3. The third kappa shape index (κ3) is 4.97. The summed E-state index contributed by atoms with van der Waals surface area (Å²) < 4.78 is 5.78. The van der Waals surface area contributed by atoms with Crippen molar-refractivity contribution in [3.05, 3.63) is 35.9 Å². The maximum absolute atomic E-state index is 13.8. The van der Waals surface area contributed by atoms with E-state index in [1.54, 1.807) is 0 Å². The number of piperidine rings is 1. The van der Waals surface area contributed by atoms with Crippen LogP contribution in [0, 0.1) is 11.8 Å². The molecule has 5 unspecified atom stereocenters. The topological polar surface area (TPSA) is 70.2 Å². The maximum Gasteiger partial charge on any atom is 0.254 e. The Balaban J connectivity index is 1.25. The number of fused-ring (bicyclic) bond motifs is 1. The Labute approximate surface area is 208 Å². The van der Waals surface area contributed by atoms with Gasteiger partial charge in [-0.1, -0.05) is 31.0 Å². The summed E-state index contributed by atoms with van der Waals surface area (Å²) in [6.07, 6.45) is 6.65. The van der Waals surface area contributed by atoms with Crippen LogP contribution < -0.4 is 0 Å². The molecule has 35 heavy (non-hydrogen) atoms. The zero-order valence-corrected chi connectivity index (χ0v) is 21.1. The zero-order valence-electron chi connectivity index (χ0n) is 21.1. The number of benzene rings is 1. The van der Waals surface area contributed by atoms with Crippen LogP contribution in [0.4, 0.5) is 0 Å². The number of ether oxygens (including phenoxy) is 1. The van der Waals surface area contributed by atoms with Gasteiger partial charge in [0.25, 0.3) is 5.91 Å². The molecule has 7 heteroatoms. The Morgan fingerprint density at radius 2 is 1.49 bits per heavy atom. The predicted molar refractivity (Wildman–Crippen MR) is 133 cm³/mol. The molecule has 3 heterocycles. The van der Waals surface area contributed by atoms with E-state index in [-0.39, 0.29) is 47.9 Å². The molecule has 5 rings (SSSR count). The summed E-state index contributed by atoms with van der Waals surface area (Å²) in [5.74, 6) is 0.633. The van der Waals surface area contributed by atoms with Gasteiger partial charge in [-0.25, -0.2) is 0 Å². The van der Waals surface area contributed by atoms with E-state index in [9.17, 15) is 14.4 Å². The number of nitrogens with zero attached hydrogens (tertiary/aromatic N) is 3. The van der Waals surface area contributed by atoms with E-state index in [2.05, 4.69) is 0 Å². The minimum absolute atomic E-state index is 0.0148. The molecule has 4 aliphatic rings. The lowest BCUT2D eigenvalue weighted by Gasteiger charge is -2.40. The molecule has 3 amide bonds. The molecular formula is C28H39N3O4. The van der Waals surface area contributed by atoms with E-state index < -0.39 is 0 Å². The van der Waals surface area contributed by atoms with Crippen molar-refractivity contribution in [2.24, 2.45) is 11.8 Å². The molecule has 1 aromatic carbocycles. The molecule has 5 atom stereocenters. The average Bonchev–Trinajstić information content (AvgIpc) is 3.27. The standard InChI is InChI=1S/C28H39N3O4/c1-19-17-30(18-20(2)35-19)26(32)22-12-14-29(15-13-22)28(34)25-16-23-10-6-7-11-24(23)31(25)27(33)21-8-4-3-5-9-21/h3-5,8-9,19-20,22-25H,6-7,10-18H2,1-2H3. The highest BCUT2D eigenvalue weighted by atomic mass is 16.5. The van der Waals surface area contributed by atoms with Gasteiger partial charge in [-0.05, 0) is 64.0 Å². The summed E-state index contributed by atoms with van der Waals surface area (Å²) in [6.45, 7) is 6.49. The second-order valence-electron chi connectivity index (χ2n) is 11.0. The minimum Gasteiger partial charge on any atom is -0.372 e. The van der Waals surface area contributed by atoms with Gasteiger partial charge in [0.15, 0.2) is 0 Å². The zero-order chi connectivity index (χ0) is 24.5. The van der Waals surface area contributed by atoms with Crippen molar-refractivity contribution >= 4 is 17.7 Å². The largest absolute Gasteiger partial charge is 0.372 e. The summed E-state index contributed by atoms with van der Waals surface area (Å²) in [6, 6.07) is 9.16. The smallest absolute Gasteiger partial charge is 0.254 e. The molecular weight excluding hydrogens is 442 g/mol. The predicted octanol–water partition coefficient (Wildman–Crippen LogP) is 3.33. The number of likely N-dealkylation sites (tertiary alicyclic amines) is 2. The molecule has 3 aliphatic heterocycles. The fourth-order valence-corrected chi connectivity index (χ4v) is 6.88. The summed E-state index contributed by atoms with van der Waals surface area (Å²) in [5.41, 5.74) is 0.662. The molecule has 3 saturated heterocycles. The molecule has 1 aromatic rings. The third-order valence-corrected chi connectivity index (χ3v) is 8.52. The van der Waals surface area contributed by atoms with Gasteiger partial charge in [0.05, 0.1) is 12.2 Å². The lowest BCUT2D eigenvalue weighted by Crippen LogP contribution is -2.54. The minimum atomic E-state index is -0.385. The van der Waals surface area contributed by atoms with Crippen molar-refractivity contribution in [1.82, 2.24) is 14.7 Å². The first kappa shape index (κ1) is 24.3. The van der Waals surface area contributed by atoms with E-state index in [1.165, 1.54) is 6.42 Å². The summed E-state index contributed by atoms with van der Waals surface area (Å²) in [7, 11) is 0. The van der Waals surface area contributed by atoms with Crippen molar-refractivity contribution in [3.63, 3.8) is 0 Å². The summed E-state index contributed by atoms with van der Waals surface area (Å²) >= 11 is 0. The molecule has 0 radical (unpaired) electrons. The van der Waals surface area contributed by atoms with Crippen molar-refractivity contribution in [1.29, 1.82) is 0 Å². The van der Waals surface area contributed by atoms with Gasteiger partial charge >= 0.3 is 0 Å². The van der Waals surface area contributed by atoms with E-state index >= 15 is 0 Å². The van der Waals surface area contributed by atoms with Crippen LogP contribution in [0.25, 0.3) is 0 Å². The number of carbonyl (C=O) groups excluding carboxylic acids is 3. The van der Waals surface area contributed by atoms with Crippen LogP contribution in [0.15, 0.2) is 30.3 Å². The van der Waals surface area contributed by atoms with Gasteiger partial charge in [0.2, 0.25) is 11.8 Å². The normalized spacial score (nSPS) is 31.8. The number of carbonyl (C=O) groups is 3. The third-order valence-electron chi connectivity index (χ3n) is 8.52. The Morgan fingerprint density at radius 1 is 0.829 bits per heavy atom. The van der Waals surface area contributed by atoms with Crippen molar-refractivity contribution in [3.8, 4) is 0 Å². The first-order valence-corrected chi connectivity index (χ1v) is 13.5. The second kappa shape index (κ2) is 10.3. The molecule has 4 fully saturated rings. The molecule has 190 valence electrons. The lowest BCUT2D eigenvalue weighted by molar-refractivity contribution is -0.150. The molecule has 0 aromatic heterocycles. The van der Waals surface area contributed by atoms with Crippen LogP contribution >= 0.6 is 0 Å². The van der Waals surface area contributed by atoms with Crippen LogP contribution in [0.2, 0.25) is 0 Å². The van der Waals surface area contributed by atoms with Gasteiger partial charge in [-0.15, -0.1) is 0 Å². The average molecular weight is 482 g/mol. The van der Waals surface area contributed by atoms with Crippen LogP contribution in [0.3, 0.4) is 0 Å². The maximum atomic E-state index is 13.8. The first-order chi connectivity index (χ1) is 16.9. The van der Waals surface area contributed by atoms with Crippen LogP contribution in [-0.2, 0) is 14.3 Å². The summed E-state index contributed by atoms with van der Waals surface area (Å²) in [5, 5.41) is 0. The highest BCUT2D eigenvalue weighted by Crippen LogP contribution is 2.41. The van der Waals surface area contributed by atoms with Gasteiger partial charge in [0, 0.05) is 43.7 Å². The van der Waals surface area contributed by atoms with Crippen molar-refractivity contribution in [2.45, 2.75) is 83.1 Å². The first-order valence-electron chi connectivity index (χ1n) is 13.5. The van der Waals surface area contributed by atoms with E-state index in [1.807, 2.05) is 58.9 Å². The SMILES string of the molecule is CC1CN(C(=O)C2CCN(C(=O)C3CC4CCCCC4N3C(=O)c3ccccc3)CC2)CC(C)O1. The van der Waals surface area contributed by atoms with Gasteiger partial charge < -0.3 is 19.4 Å². The number of rotatable bonds is 3. The summed E-state index contributed by atoms with van der Waals surface area (Å²) in [4.78, 5) is 46.3. The Kier molecular flexibility index (Phi) is 7.14. The molecule has 0 bridgehead atoms. The van der Waals surface area contributed by atoms with Gasteiger partial charge in [-0.2, -0.15) is 0 Å². The van der Waals surface area contributed by atoms with E-state index in [4.69, 9.17) is 4.74 Å². The number of hydrogen-bond donors (Lipinski definition) is 0. The molecule has 1 saturated carbocycles. The highest BCUT2D eigenvalue weighted by molar-refractivity contribution is 5.98. The van der Waals surface area contributed by atoms with Crippen LogP contribution in [0.1, 0.15) is 69.2 Å². The Bertz CT molecular complexity index is 919. The molecule has 0 N–H and O–H groups in total. The molecule has 1 aliphatic carbocycles. The van der Waals surface area contributed by atoms with Crippen molar-refractivity contribution in [2.75, 3.05) is 26.2 Å². The fraction of sp³-hybridized carbons (Fsp3) is 0.679. The monoisotopic (exact) mass is 481 g/mol. The van der Waals surface area contributed by atoms with Crippen LogP contribution in [0.5, 0.6) is 0 Å². The Hall–Kier alpha value is -2.41. The molecule has 0 spiro atoms. The molecule has 7 nitrogen and oxygen atoms in total. The highest BCUT2D eigenvalue weighted by Gasteiger charge is 2.49. The van der Waals surface area contributed by atoms with Crippen molar-refractivity contribution < 1.29 is 19.1 Å². The second-order valence-corrected chi connectivity index (χ2v) is 11.0. The Morgan fingerprint density at radius 3 is 2.17 bits per heavy atom. The van der Waals surface area contributed by atoms with E-state index in [0.29, 0.717) is 50.5 Å². The quantitative estimate of drug-likeness (QED) is 0.664. The lowest BCUT2D eigenvalue weighted by atomic mass is 9.84. The van der Waals surface area contributed by atoms with Crippen LogP contribution in [-0.4, -0.2) is 82.9 Å². The van der Waals surface area contributed by atoms with E-state index in [0.717, 1.165) is 25.7 Å². The fourth-order valence-electron chi connectivity index (χ4n) is 6.88. The number of morpholine rings is 1. The van der Waals surface area contributed by atoms with Gasteiger partial charge in [0.1, 0.15) is 6.04 Å². The number of hydrogen-bond acceptors (Lipinski definition) is 4.